The number of hydrogen-bond acceptors (Lipinski definition) is 2. The molecule has 1 aromatic carbocycles. The average Bonchev–Trinajstić information content (AvgIpc) is 2.37. The number of amides is 1. The van der Waals surface area contributed by atoms with E-state index in [1.807, 2.05) is 35.2 Å². The van der Waals surface area contributed by atoms with E-state index in [-0.39, 0.29) is 5.91 Å². The van der Waals surface area contributed by atoms with Crippen LogP contribution < -0.4 is 4.74 Å². The third-order valence-corrected chi connectivity index (χ3v) is 3.84. The van der Waals surface area contributed by atoms with Crippen molar-refractivity contribution in [2.24, 2.45) is 0 Å². The number of alkyl halides is 1. The summed E-state index contributed by atoms with van der Waals surface area (Å²) in [5.74, 6) is 1.03. The molecule has 1 aliphatic carbocycles. The van der Waals surface area contributed by atoms with Gasteiger partial charge in [0.2, 0.25) is 5.91 Å². The Morgan fingerprint density at radius 3 is 2.63 bits per heavy atom. The van der Waals surface area contributed by atoms with Gasteiger partial charge in [-0.1, -0.05) is 34.1 Å². The van der Waals surface area contributed by atoms with E-state index in [0.717, 1.165) is 30.5 Å². The van der Waals surface area contributed by atoms with Crippen LogP contribution >= 0.6 is 15.9 Å². The fourth-order valence-electron chi connectivity index (χ4n) is 2.22. The normalized spacial score (nSPS) is 14.8. The molecule has 0 bridgehead atoms. The number of carbonyl (C=O) groups excluding carboxylic acids is 1. The summed E-state index contributed by atoms with van der Waals surface area (Å²) >= 11 is 3.42. The standard InChI is InChI=1S/C15H20BrNO2/c16-10-11-17(13-5-4-6-13)15(18)9-12-19-14-7-2-1-3-8-14/h1-3,7-8,13H,4-6,9-12H2. The summed E-state index contributed by atoms with van der Waals surface area (Å²) in [4.78, 5) is 14.2. The van der Waals surface area contributed by atoms with Gasteiger partial charge < -0.3 is 9.64 Å². The number of rotatable bonds is 7. The third kappa shape index (κ3) is 4.23. The zero-order chi connectivity index (χ0) is 13.5. The van der Waals surface area contributed by atoms with Crippen LogP contribution in [0.25, 0.3) is 0 Å². The van der Waals surface area contributed by atoms with Gasteiger partial charge in [0.05, 0.1) is 13.0 Å². The van der Waals surface area contributed by atoms with E-state index in [4.69, 9.17) is 4.74 Å². The number of benzene rings is 1. The lowest BCUT2D eigenvalue weighted by Gasteiger charge is -2.37. The lowest BCUT2D eigenvalue weighted by molar-refractivity contribution is -0.135. The maximum absolute atomic E-state index is 12.2. The van der Waals surface area contributed by atoms with Gasteiger partial charge in [0.1, 0.15) is 5.75 Å². The molecule has 1 aromatic rings. The molecule has 4 heteroatoms. The molecule has 104 valence electrons. The monoisotopic (exact) mass is 325 g/mol. The van der Waals surface area contributed by atoms with Gasteiger partial charge in [0.15, 0.2) is 0 Å². The second-order valence-electron chi connectivity index (χ2n) is 4.77. The van der Waals surface area contributed by atoms with Crippen molar-refractivity contribution in [3.8, 4) is 5.75 Å². The van der Waals surface area contributed by atoms with Crippen LogP contribution in [0.2, 0.25) is 0 Å². The van der Waals surface area contributed by atoms with E-state index < -0.39 is 0 Å². The van der Waals surface area contributed by atoms with Crippen molar-refractivity contribution in [3.63, 3.8) is 0 Å². The van der Waals surface area contributed by atoms with Crippen molar-refractivity contribution in [3.05, 3.63) is 30.3 Å². The summed E-state index contributed by atoms with van der Waals surface area (Å²) in [6.07, 6.45) is 4.01. The molecule has 0 atom stereocenters. The highest BCUT2D eigenvalue weighted by Crippen LogP contribution is 2.25. The van der Waals surface area contributed by atoms with Crippen LogP contribution in [-0.2, 0) is 4.79 Å². The molecular formula is C15H20BrNO2. The Kier molecular flexibility index (Phi) is 5.70. The molecule has 0 aromatic heterocycles. The number of para-hydroxylation sites is 1. The largest absolute Gasteiger partial charge is 0.493 e. The van der Waals surface area contributed by atoms with Crippen LogP contribution in [0.15, 0.2) is 30.3 Å². The first-order valence-electron chi connectivity index (χ1n) is 6.84. The first-order chi connectivity index (χ1) is 9.31. The van der Waals surface area contributed by atoms with Crippen molar-refractivity contribution in [2.75, 3.05) is 18.5 Å². The van der Waals surface area contributed by atoms with Crippen molar-refractivity contribution < 1.29 is 9.53 Å². The molecule has 0 unspecified atom stereocenters. The summed E-state index contributed by atoms with van der Waals surface area (Å²) < 4.78 is 5.58. The average molecular weight is 326 g/mol. The lowest BCUT2D eigenvalue weighted by Crippen LogP contribution is -2.45. The van der Waals surface area contributed by atoms with Crippen LogP contribution in [-0.4, -0.2) is 35.3 Å². The van der Waals surface area contributed by atoms with Gasteiger partial charge in [0.25, 0.3) is 0 Å². The molecule has 1 amide bonds. The minimum absolute atomic E-state index is 0.208. The van der Waals surface area contributed by atoms with E-state index in [0.29, 0.717) is 19.1 Å². The van der Waals surface area contributed by atoms with Gasteiger partial charge >= 0.3 is 0 Å². The van der Waals surface area contributed by atoms with Gasteiger partial charge in [0, 0.05) is 17.9 Å². The zero-order valence-electron chi connectivity index (χ0n) is 11.1. The molecule has 19 heavy (non-hydrogen) atoms. The quantitative estimate of drug-likeness (QED) is 0.720. The minimum Gasteiger partial charge on any atom is -0.493 e. The summed E-state index contributed by atoms with van der Waals surface area (Å²) in [5, 5.41) is 0.842. The maximum atomic E-state index is 12.2. The Balaban J connectivity index is 1.75. The predicted molar refractivity (Wildman–Crippen MR) is 79.7 cm³/mol. The topological polar surface area (TPSA) is 29.5 Å². The summed E-state index contributed by atoms with van der Waals surface area (Å²) in [6, 6.07) is 10.1. The molecule has 0 spiro atoms. The first-order valence-corrected chi connectivity index (χ1v) is 7.96. The highest BCUT2D eigenvalue weighted by Gasteiger charge is 2.27. The van der Waals surface area contributed by atoms with E-state index in [2.05, 4.69) is 15.9 Å². The lowest BCUT2D eigenvalue weighted by atomic mass is 9.91. The van der Waals surface area contributed by atoms with Crippen molar-refractivity contribution >= 4 is 21.8 Å². The Hall–Kier alpha value is -1.03. The fraction of sp³-hybridized carbons (Fsp3) is 0.533. The van der Waals surface area contributed by atoms with E-state index in [9.17, 15) is 4.79 Å². The summed E-state index contributed by atoms with van der Waals surface area (Å²) in [6.45, 7) is 1.25. The minimum atomic E-state index is 0.208. The number of hydrogen-bond donors (Lipinski definition) is 0. The van der Waals surface area contributed by atoms with Gasteiger partial charge in [-0.15, -0.1) is 0 Å². The smallest absolute Gasteiger partial charge is 0.226 e. The highest BCUT2D eigenvalue weighted by atomic mass is 79.9. The SMILES string of the molecule is O=C(CCOc1ccccc1)N(CCBr)C1CCC1. The van der Waals surface area contributed by atoms with Gasteiger partial charge in [-0.05, 0) is 31.4 Å². The molecule has 0 N–H and O–H groups in total. The van der Waals surface area contributed by atoms with Crippen LogP contribution in [0.1, 0.15) is 25.7 Å². The van der Waals surface area contributed by atoms with Gasteiger partial charge in [-0.3, -0.25) is 4.79 Å². The highest BCUT2D eigenvalue weighted by molar-refractivity contribution is 9.09. The Labute approximate surface area is 123 Å². The van der Waals surface area contributed by atoms with E-state index >= 15 is 0 Å². The Morgan fingerprint density at radius 2 is 2.05 bits per heavy atom. The molecule has 0 aliphatic heterocycles. The maximum Gasteiger partial charge on any atom is 0.226 e. The second kappa shape index (κ2) is 7.53. The molecule has 1 saturated carbocycles. The summed E-state index contributed by atoms with van der Waals surface area (Å²) in [7, 11) is 0. The fourth-order valence-corrected chi connectivity index (χ4v) is 2.60. The zero-order valence-corrected chi connectivity index (χ0v) is 12.6. The van der Waals surface area contributed by atoms with Gasteiger partial charge in [-0.25, -0.2) is 0 Å². The first kappa shape index (κ1) is 14.4. The predicted octanol–water partition coefficient (Wildman–Crippen LogP) is 3.23. The van der Waals surface area contributed by atoms with Crippen molar-refractivity contribution in [2.45, 2.75) is 31.7 Å². The number of ether oxygens (including phenoxy) is 1. The Morgan fingerprint density at radius 1 is 1.32 bits per heavy atom. The van der Waals surface area contributed by atoms with Crippen LogP contribution in [0.5, 0.6) is 5.75 Å². The second-order valence-corrected chi connectivity index (χ2v) is 5.57. The van der Waals surface area contributed by atoms with Crippen molar-refractivity contribution in [1.29, 1.82) is 0 Å². The molecule has 1 fully saturated rings. The molecule has 0 radical (unpaired) electrons. The molecule has 0 heterocycles. The van der Waals surface area contributed by atoms with Crippen LogP contribution in [0.3, 0.4) is 0 Å². The van der Waals surface area contributed by atoms with Gasteiger partial charge in [-0.2, -0.15) is 0 Å². The molecular weight excluding hydrogens is 306 g/mol. The number of carbonyl (C=O) groups is 1. The molecule has 3 nitrogen and oxygen atoms in total. The number of halogens is 1. The van der Waals surface area contributed by atoms with Crippen molar-refractivity contribution in [1.82, 2.24) is 4.90 Å². The summed E-state index contributed by atoms with van der Waals surface area (Å²) in [5.41, 5.74) is 0. The third-order valence-electron chi connectivity index (χ3n) is 3.49. The number of nitrogens with zero attached hydrogens (tertiary/aromatic N) is 1. The molecule has 2 rings (SSSR count). The van der Waals surface area contributed by atoms with Crippen LogP contribution in [0.4, 0.5) is 0 Å². The Bertz CT molecular complexity index is 392. The molecule has 0 saturated heterocycles. The van der Waals surface area contributed by atoms with E-state index in [1.165, 1.54) is 6.42 Å². The van der Waals surface area contributed by atoms with Crippen LogP contribution in [0, 0.1) is 0 Å². The molecule has 1 aliphatic rings. The van der Waals surface area contributed by atoms with E-state index in [1.54, 1.807) is 0 Å².